The van der Waals surface area contributed by atoms with E-state index in [1.807, 2.05) is 25.1 Å². The van der Waals surface area contributed by atoms with Gasteiger partial charge in [0.25, 0.3) is 0 Å². The van der Waals surface area contributed by atoms with E-state index in [0.29, 0.717) is 41.1 Å². The number of hydrogen-bond donors (Lipinski definition) is 2. The van der Waals surface area contributed by atoms with E-state index in [0.717, 1.165) is 5.56 Å². The molecule has 0 amide bonds. The maximum absolute atomic E-state index is 11.0. The largest absolute Gasteiger partial charge is 0.486 e. The van der Waals surface area contributed by atoms with Gasteiger partial charge >= 0.3 is 5.97 Å². The Morgan fingerprint density at radius 2 is 1.83 bits per heavy atom. The Morgan fingerprint density at radius 3 is 2.58 bits per heavy atom. The zero-order valence-corrected chi connectivity index (χ0v) is 13.6. The minimum atomic E-state index is -1.03. The minimum Gasteiger partial charge on any atom is -0.486 e. The van der Waals surface area contributed by atoms with E-state index in [2.05, 4.69) is 10.5 Å². The molecule has 0 unspecified atom stereocenters. The highest BCUT2D eigenvalue weighted by molar-refractivity contribution is 6.33. The maximum Gasteiger partial charge on any atom is 0.335 e. The number of carboxylic acid groups (broad SMARTS) is 1. The first-order valence-corrected chi connectivity index (χ1v) is 7.65. The normalized spacial score (nSPS) is 13.5. The Morgan fingerprint density at radius 1 is 1.12 bits per heavy atom. The van der Waals surface area contributed by atoms with Crippen molar-refractivity contribution in [2.24, 2.45) is 5.10 Å². The Labute approximate surface area is 143 Å². The molecule has 0 fully saturated rings. The van der Waals surface area contributed by atoms with Gasteiger partial charge in [-0.05, 0) is 43.3 Å². The molecular weight excluding hydrogens is 332 g/mol. The van der Waals surface area contributed by atoms with Crippen LogP contribution in [0.25, 0.3) is 0 Å². The Balaban J connectivity index is 1.82. The third-order valence-electron chi connectivity index (χ3n) is 3.52. The SMILES string of the molecule is C/C(=N/Nc1cc(C(=O)O)ccc1Cl)c1ccc2c(c1)OCCO2. The van der Waals surface area contributed by atoms with E-state index >= 15 is 0 Å². The lowest BCUT2D eigenvalue weighted by Gasteiger charge is -2.18. The molecule has 0 aliphatic carbocycles. The number of nitrogens with one attached hydrogen (secondary N) is 1. The second kappa shape index (κ2) is 6.80. The average Bonchev–Trinajstić information content (AvgIpc) is 2.60. The van der Waals surface area contributed by atoms with Crippen LogP contribution in [-0.2, 0) is 0 Å². The summed E-state index contributed by atoms with van der Waals surface area (Å²) in [5.74, 6) is 0.365. The number of fused-ring (bicyclic) bond motifs is 1. The monoisotopic (exact) mass is 346 g/mol. The van der Waals surface area contributed by atoms with Gasteiger partial charge in [-0.2, -0.15) is 5.10 Å². The molecule has 2 aromatic rings. The van der Waals surface area contributed by atoms with Crippen molar-refractivity contribution in [1.29, 1.82) is 0 Å². The van der Waals surface area contributed by atoms with Crippen LogP contribution in [0.5, 0.6) is 11.5 Å². The van der Waals surface area contributed by atoms with Crippen molar-refractivity contribution in [2.75, 3.05) is 18.6 Å². The van der Waals surface area contributed by atoms with Crippen LogP contribution in [0.4, 0.5) is 5.69 Å². The number of carbonyl (C=O) groups is 1. The summed E-state index contributed by atoms with van der Waals surface area (Å²) in [6, 6.07) is 9.95. The third-order valence-corrected chi connectivity index (χ3v) is 3.85. The molecule has 0 atom stereocenters. The fourth-order valence-electron chi connectivity index (χ4n) is 2.22. The number of benzene rings is 2. The number of hydrazone groups is 1. The summed E-state index contributed by atoms with van der Waals surface area (Å²) in [6.45, 7) is 2.88. The summed E-state index contributed by atoms with van der Waals surface area (Å²) in [6.07, 6.45) is 0. The molecule has 124 valence electrons. The maximum atomic E-state index is 11.0. The quantitative estimate of drug-likeness (QED) is 0.652. The first-order chi connectivity index (χ1) is 11.5. The van der Waals surface area contributed by atoms with Crippen molar-refractivity contribution in [3.8, 4) is 11.5 Å². The van der Waals surface area contributed by atoms with Gasteiger partial charge in [0.1, 0.15) is 13.2 Å². The number of halogens is 1. The number of anilines is 1. The van der Waals surface area contributed by atoms with Crippen LogP contribution in [0.2, 0.25) is 5.02 Å². The number of aromatic carboxylic acids is 1. The predicted molar refractivity (Wildman–Crippen MR) is 91.7 cm³/mol. The molecule has 7 heteroatoms. The molecule has 1 aliphatic heterocycles. The molecule has 1 aliphatic rings. The molecule has 0 saturated carbocycles. The first kappa shape index (κ1) is 16.1. The molecule has 0 radical (unpaired) electrons. The molecule has 2 aromatic carbocycles. The Hall–Kier alpha value is -2.73. The third kappa shape index (κ3) is 3.44. The molecule has 3 rings (SSSR count). The number of carboxylic acids is 1. The van der Waals surface area contributed by atoms with Crippen molar-refractivity contribution < 1.29 is 19.4 Å². The van der Waals surface area contributed by atoms with Gasteiger partial charge in [0.05, 0.1) is 22.0 Å². The highest BCUT2D eigenvalue weighted by atomic mass is 35.5. The van der Waals surface area contributed by atoms with Crippen LogP contribution in [0.15, 0.2) is 41.5 Å². The molecule has 24 heavy (non-hydrogen) atoms. The molecular formula is C17H15ClN2O4. The fourth-order valence-corrected chi connectivity index (χ4v) is 2.38. The van der Waals surface area contributed by atoms with E-state index < -0.39 is 5.97 Å². The van der Waals surface area contributed by atoms with Gasteiger partial charge in [-0.3, -0.25) is 5.43 Å². The first-order valence-electron chi connectivity index (χ1n) is 7.28. The van der Waals surface area contributed by atoms with Crippen molar-refractivity contribution in [3.05, 3.63) is 52.5 Å². The fraction of sp³-hybridized carbons (Fsp3) is 0.176. The Kier molecular flexibility index (Phi) is 4.57. The van der Waals surface area contributed by atoms with E-state index in [1.165, 1.54) is 18.2 Å². The van der Waals surface area contributed by atoms with Crippen LogP contribution >= 0.6 is 11.6 Å². The lowest BCUT2D eigenvalue weighted by Crippen LogP contribution is -2.15. The second-order valence-electron chi connectivity index (χ2n) is 5.17. The van der Waals surface area contributed by atoms with E-state index in [4.69, 9.17) is 26.2 Å². The lowest BCUT2D eigenvalue weighted by atomic mass is 10.1. The van der Waals surface area contributed by atoms with Crippen LogP contribution in [0, 0.1) is 0 Å². The zero-order valence-electron chi connectivity index (χ0n) is 12.9. The van der Waals surface area contributed by atoms with Crippen LogP contribution in [0.3, 0.4) is 0 Å². The van der Waals surface area contributed by atoms with Gasteiger partial charge < -0.3 is 14.6 Å². The Bertz CT molecular complexity index is 820. The summed E-state index contributed by atoms with van der Waals surface area (Å²) >= 11 is 6.06. The van der Waals surface area contributed by atoms with Crippen molar-refractivity contribution >= 4 is 29.0 Å². The second-order valence-corrected chi connectivity index (χ2v) is 5.57. The number of hydrogen-bond acceptors (Lipinski definition) is 5. The predicted octanol–water partition coefficient (Wildman–Crippen LogP) is 3.65. The topological polar surface area (TPSA) is 80.2 Å². The number of ether oxygens (including phenoxy) is 2. The van der Waals surface area contributed by atoms with Gasteiger partial charge in [-0.15, -0.1) is 0 Å². The molecule has 0 aromatic heterocycles. The van der Waals surface area contributed by atoms with Gasteiger partial charge in [-0.25, -0.2) is 4.79 Å². The summed E-state index contributed by atoms with van der Waals surface area (Å²) in [5.41, 5.74) is 4.92. The molecule has 2 N–H and O–H groups in total. The summed E-state index contributed by atoms with van der Waals surface area (Å²) in [7, 11) is 0. The standard InChI is InChI=1S/C17H15ClN2O4/c1-10(11-3-5-15-16(9-11)24-7-6-23-15)19-20-14-8-12(17(21)22)2-4-13(14)18/h2-5,8-9,20H,6-7H2,1H3,(H,21,22)/b19-10-. The molecule has 1 heterocycles. The van der Waals surface area contributed by atoms with Gasteiger partial charge in [0.2, 0.25) is 0 Å². The van der Waals surface area contributed by atoms with Gasteiger partial charge in [0.15, 0.2) is 11.5 Å². The lowest BCUT2D eigenvalue weighted by molar-refractivity contribution is 0.0697. The van der Waals surface area contributed by atoms with Crippen LogP contribution < -0.4 is 14.9 Å². The highest BCUT2D eigenvalue weighted by Crippen LogP contribution is 2.31. The van der Waals surface area contributed by atoms with Crippen LogP contribution in [0.1, 0.15) is 22.8 Å². The number of nitrogens with zero attached hydrogens (tertiary/aromatic N) is 1. The average molecular weight is 347 g/mol. The van der Waals surface area contributed by atoms with E-state index in [9.17, 15) is 4.79 Å². The molecule has 0 saturated heterocycles. The summed E-state index contributed by atoms with van der Waals surface area (Å²) in [5, 5.41) is 13.7. The smallest absolute Gasteiger partial charge is 0.335 e. The van der Waals surface area contributed by atoms with Crippen molar-refractivity contribution in [1.82, 2.24) is 0 Å². The van der Waals surface area contributed by atoms with Crippen LogP contribution in [-0.4, -0.2) is 30.0 Å². The highest BCUT2D eigenvalue weighted by Gasteiger charge is 2.13. The molecule has 0 spiro atoms. The van der Waals surface area contributed by atoms with Gasteiger partial charge in [-0.1, -0.05) is 11.6 Å². The van der Waals surface area contributed by atoms with Crippen molar-refractivity contribution in [2.45, 2.75) is 6.92 Å². The van der Waals surface area contributed by atoms with E-state index in [-0.39, 0.29) is 5.56 Å². The zero-order chi connectivity index (χ0) is 17.1. The number of rotatable bonds is 4. The summed E-state index contributed by atoms with van der Waals surface area (Å²) in [4.78, 5) is 11.0. The minimum absolute atomic E-state index is 0.133. The summed E-state index contributed by atoms with van der Waals surface area (Å²) < 4.78 is 11.0. The van der Waals surface area contributed by atoms with Crippen molar-refractivity contribution in [3.63, 3.8) is 0 Å². The molecule has 0 bridgehead atoms. The molecule has 6 nitrogen and oxygen atoms in total. The van der Waals surface area contributed by atoms with E-state index in [1.54, 1.807) is 0 Å². The van der Waals surface area contributed by atoms with Gasteiger partial charge in [0, 0.05) is 5.56 Å².